The SMILES string of the molecule is CCCCCCCCCCCC(=O)NC(CC(N)=O)C(=O)O.[NaH]. The number of nitrogens with one attached hydrogen (secondary N) is 1. The summed E-state index contributed by atoms with van der Waals surface area (Å²) < 4.78 is 0. The van der Waals surface area contributed by atoms with E-state index >= 15 is 0 Å². The van der Waals surface area contributed by atoms with Crippen molar-refractivity contribution in [1.82, 2.24) is 5.32 Å². The van der Waals surface area contributed by atoms with Gasteiger partial charge in [-0.1, -0.05) is 58.3 Å². The first-order valence-corrected chi connectivity index (χ1v) is 8.27. The molecule has 0 aromatic heterocycles. The van der Waals surface area contributed by atoms with Crippen molar-refractivity contribution >= 4 is 47.3 Å². The van der Waals surface area contributed by atoms with Gasteiger partial charge in [-0.2, -0.15) is 0 Å². The summed E-state index contributed by atoms with van der Waals surface area (Å²) in [7, 11) is 0. The number of carboxylic acids is 1. The van der Waals surface area contributed by atoms with Crippen LogP contribution in [0.15, 0.2) is 0 Å². The Morgan fingerprint density at radius 3 is 1.87 bits per heavy atom. The van der Waals surface area contributed by atoms with Crippen molar-refractivity contribution in [1.29, 1.82) is 0 Å². The number of aliphatic carboxylic acids is 1. The van der Waals surface area contributed by atoms with Crippen molar-refractivity contribution in [2.75, 3.05) is 0 Å². The van der Waals surface area contributed by atoms with E-state index in [0.29, 0.717) is 6.42 Å². The molecule has 0 aliphatic carbocycles. The van der Waals surface area contributed by atoms with E-state index in [1.165, 1.54) is 38.5 Å². The second-order valence-electron chi connectivity index (χ2n) is 5.71. The molecular formula is C16H31N2NaO4. The van der Waals surface area contributed by atoms with Crippen molar-refractivity contribution in [2.45, 2.75) is 83.6 Å². The Labute approximate surface area is 161 Å². The minimum atomic E-state index is -1.24. The van der Waals surface area contributed by atoms with Crippen LogP contribution in [-0.4, -0.2) is 58.5 Å². The first-order valence-electron chi connectivity index (χ1n) is 8.27. The van der Waals surface area contributed by atoms with Crippen LogP contribution in [0.25, 0.3) is 0 Å². The molecule has 1 unspecified atom stereocenters. The molecule has 0 bridgehead atoms. The monoisotopic (exact) mass is 338 g/mol. The van der Waals surface area contributed by atoms with Gasteiger partial charge in [0.2, 0.25) is 11.8 Å². The summed E-state index contributed by atoms with van der Waals surface area (Å²) in [4.78, 5) is 33.2. The maximum absolute atomic E-state index is 11.6. The van der Waals surface area contributed by atoms with E-state index in [4.69, 9.17) is 10.8 Å². The molecule has 0 fully saturated rings. The maximum atomic E-state index is 11.6. The third kappa shape index (κ3) is 16.1. The van der Waals surface area contributed by atoms with Crippen LogP contribution < -0.4 is 11.1 Å². The normalized spacial score (nSPS) is 11.3. The molecule has 0 aromatic carbocycles. The number of nitrogens with two attached hydrogens (primary N) is 1. The summed E-state index contributed by atoms with van der Waals surface area (Å²) in [5.41, 5.74) is 4.95. The molecule has 0 heterocycles. The molecule has 0 aromatic rings. The summed E-state index contributed by atoms with van der Waals surface area (Å²) in [5.74, 6) is -2.31. The average Bonchev–Trinajstić information content (AvgIpc) is 2.44. The Kier molecular flexibility index (Phi) is 17.4. The number of carbonyl (C=O) groups excluding carboxylic acids is 2. The van der Waals surface area contributed by atoms with Crippen LogP contribution in [0, 0.1) is 0 Å². The summed E-state index contributed by atoms with van der Waals surface area (Å²) in [6, 6.07) is -1.22. The number of hydrogen-bond donors (Lipinski definition) is 3. The Morgan fingerprint density at radius 1 is 0.957 bits per heavy atom. The van der Waals surface area contributed by atoms with Crippen molar-refractivity contribution in [2.24, 2.45) is 5.73 Å². The predicted molar refractivity (Wildman–Crippen MR) is 92.4 cm³/mol. The predicted octanol–water partition coefficient (Wildman–Crippen LogP) is 1.70. The molecule has 0 saturated carbocycles. The first kappa shape index (κ1) is 24.7. The van der Waals surface area contributed by atoms with E-state index in [1.807, 2.05) is 0 Å². The standard InChI is InChI=1S/C16H30N2O4.Na.H/c1-2-3-4-5-6-7-8-9-10-11-15(20)18-13(16(21)22)12-14(17)19;;/h13H,2-12H2,1H3,(H2,17,19)(H,18,20)(H,21,22);;. The topological polar surface area (TPSA) is 109 Å². The molecule has 2 amide bonds. The number of hydrogen-bond acceptors (Lipinski definition) is 3. The number of amides is 2. The molecule has 130 valence electrons. The minimum absolute atomic E-state index is 0. The fourth-order valence-corrected chi connectivity index (χ4v) is 2.26. The number of rotatable bonds is 14. The zero-order chi connectivity index (χ0) is 16.8. The van der Waals surface area contributed by atoms with E-state index in [2.05, 4.69) is 12.2 Å². The van der Waals surface area contributed by atoms with Crippen LogP contribution in [0.3, 0.4) is 0 Å². The zero-order valence-corrected chi connectivity index (χ0v) is 13.6. The molecule has 0 radical (unpaired) electrons. The van der Waals surface area contributed by atoms with Crippen LogP contribution in [0.2, 0.25) is 0 Å². The Balaban J connectivity index is 0. The molecule has 4 N–H and O–H groups in total. The van der Waals surface area contributed by atoms with Crippen LogP contribution in [0.1, 0.15) is 77.6 Å². The molecule has 1 atom stereocenters. The Hall–Kier alpha value is -0.590. The van der Waals surface area contributed by atoms with E-state index in [9.17, 15) is 14.4 Å². The van der Waals surface area contributed by atoms with Crippen molar-refractivity contribution in [3.63, 3.8) is 0 Å². The first-order chi connectivity index (χ1) is 10.5. The van der Waals surface area contributed by atoms with Gasteiger partial charge in [-0.15, -0.1) is 0 Å². The molecule has 0 spiro atoms. The summed E-state index contributed by atoms with van der Waals surface area (Å²) in [6.45, 7) is 2.20. The molecule has 6 nitrogen and oxygen atoms in total. The van der Waals surface area contributed by atoms with Crippen molar-refractivity contribution < 1.29 is 19.5 Å². The number of carboxylic acid groups (broad SMARTS) is 1. The summed E-state index contributed by atoms with van der Waals surface area (Å²) in [6.07, 6.45) is 10.3. The van der Waals surface area contributed by atoms with E-state index in [0.717, 1.165) is 19.3 Å². The third-order valence-corrected chi connectivity index (χ3v) is 3.55. The van der Waals surface area contributed by atoms with Gasteiger partial charge in [-0.25, -0.2) is 4.79 Å². The zero-order valence-electron chi connectivity index (χ0n) is 13.6. The van der Waals surface area contributed by atoms with Gasteiger partial charge in [0.1, 0.15) is 6.04 Å². The number of unbranched alkanes of at least 4 members (excludes halogenated alkanes) is 8. The van der Waals surface area contributed by atoms with Gasteiger partial charge in [0.15, 0.2) is 0 Å². The van der Waals surface area contributed by atoms with Gasteiger partial charge < -0.3 is 16.2 Å². The number of primary amides is 1. The molecule has 7 heteroatoms. The molecule has 0 rings (SSSR count). The van der Waals surface area contributed by atoms with Gasteiger partial charge in [0.05, 0.1) is 6.42 Å². The Morgan fingerprint density at radius 2 is 1.43 bits per heavy atom. The fourth-order valence-electron chi connectivity index (χ4n) is 2.26. The van der Waals surface area contributed by atoms with Crippen LogP contribution >= 0.6 is 0 Å². The quantitative estimate of drug-likeness (QED) is 0.331. The third-order valence-electron chi connectivity index (χ3n) is 3.55. The van der Waals surface area contributed by atoms with Crippen molar-refractivity contribution in [3.05, 3.63) is 0 Å². The summed E-state index contributed by atoms with van der Waals surface area (Å²) in [5, 5.41) is 11.2. The van der Waals surface area contributed by atoms with Crippen LogP contribution in [0.4, 0.5) is 0 Å². The Bertz CT molecular complexity index is 351. The van der Waals surface area contributed by atoms with Crippen LogP contribution in [-0.2, 0) is 14.4 Å². The van der Waals surface area contributed by atoms with Gasteiger partial charge in [-0.3, -0.25) is 9.59 Å². The summed E-state index contributed by atoms with van der Waals surface area (Å²) >= 11 is 0. The van der Waals surface area contributed by atoms with Gasteiger partial charge in [0, 0.05) is 6.42 Å². The second kappa shape index (κ2) is 16.3. The van der Waals surface area contributed by atoms with Crippen molar-refractivity contribution in [3.8, 4) is 0 Å². The van der Waals surface area contributed by atoms with Gasteiger partial charge in [0.25, 0.3) is 0 Å². The van der Waals surface area contributed by atoms with E-state index < -0.39 is 17.9 Å². The van der Waals surface area contributed by atoms with Gasteiger partial charge in [-0.05, 0) is 6.42 Å². The molecule has 0 saturated heterocycles. The van der Waals surface area contributed by atoms with E-state index in [1.54, 1.807) is 0 Å². The van der Waals surface area contributed by atoms with Crippen LogP contribution in [0.5, 0.6) is 0 Å². The number of carbonyl (C=O) groups is 3. The molecule has 23 heavy (non-hydrogen) atoms. The van der Waals surface area contributed by atoms with E-state index in [-0.39, 0.29) is 41.9 Å². The van der Waals surface area contributed by atoms with Gasteiger partial charge >= 0.3 is 35.5 Å². The molecular weight excluding hydrogens is 307 g/mol. The second-order valence-corrected chi connectivity index (χ2v) is 5.71. The molecule has 0 aliphatic rings. The molecule has 0 aliphatic heterocycles. The average molecular weight is 338 g/mol. The fraction of sp³-hybridized carbons (Fsp3) is 0.812.